The maximum atomic E-state index is 13.6. The molecule has 1 aromatic rings. The zero-order valence-corrected chi connectivity index (χ0v) is 14.1. The van der Waals surface area contributed by atoms with Crippen LogP contribution < -0.4 is 4.72 Å². The fourth-order valence-corrected chi connectivity index (χ4v) is 4.03. The third-order valence-electron chi connectivity index (χ3n) is 4.07. The zero-order valence-electron chi connectivity index (χ0n) is 13.3. The molecule has 0 spiro atoms. The van der Waals surface area contributed by atoms with Crippen LogP contribution in [0.4, 0.5) is 4.39 Å². The minimum absolute atomic E-state index is 0.0289. The molecule has 2 N–H and O–H groups in total. The summed E-state index contributed by atoms with van der Waals surface area (Å²) in [6.45, 7) is 3.34. The van der Waals surface area contributed by atoms with Gasteiger partial charge in [-0.2, -0.15) is 4.72 Å². The second-order valence-electron chi connectivity index (χ2n) is 5.94. The van der Waals surface area contributed by atoms with Crippen molar-refractivity contribution in [1.82, 2.24) is 9.62 Å². The summed E-state index contributed by atoms with van der Waals surface area (Å²) >= 11 is 0. The second-order valence-corrected chi connectivity index (χ2v) is 7.62. The van der Waals surface area contributed by atoms with Gasteiger partial charge in [0.15, 0.2) is 0 Å². The van der Waals surface area contributed by atoms with Crippen LogP contribution in [0.15, 0.2) is 29.2 Å². The Kier molecular flexibility index (Phi) is 5.24. The highest BCUT2D eigenvalue weighted by molar-refractivity contribution is 7.89. The average molecular weight is 358 g/mol. The normalized spacial score (nSPS) is 22.4. The predicted molar refractivity (Wildman–Crippen MR) is 83.1 cm³/mol. The Labute approximate surface area is 139 Å². The number of carbonyl (C=O) groups is 2. The van der Waals surface area contributed by atoms with E-state index in [1.807, 2.05) is 0 Å². The van der Waals surface area contributed by atoms with Crippen molar-refractivity contribution < 1.29 is 27.5 Å². The number of hydrogen-bond acceptors (Lipinski definition) is 4. The molecule has 1 unspecified atom stereocenters. The fourth-order valence-electron chi connectivity index (χ4n) is 2.75. The number of likely N-dealkylation sites (tertiary alicyclic amines) is 1. The first-order valence-corrected chi connectivity index (χ1v) is 8.90. The Balaban J connectivity index is 2.10. The standard InChI is InChI=1S/C15H19FN2O5S/c1-9-7-18(8-11(9)15(20)21)14(19)10(2)17-24(22,23)13-6-4-3-5-12(13)16/h3-6,9-11,17H,7-8H2,1-2H3,(H,20,21)/t9-,10?,11-/m1/s1. The van der Waals surface area contributed by atoms with Crippen LogP contribution >= 0.6 is 0 Å². The van der Waals surface area contributed by atoms with Crippen molar-refractivity contribution in [3.63, 3.8) is 0 Å². The molecule has 1 aliphatic heterocycles. The molecule has 0 aliphatic carbocycles. The van der Waals surface area contributed by atoms with Gasteiger partial charge in [-0.1, -0.05) is 19.1 Å². The summed E-state index contributed by atoms with van der Waals surface area (Å²) in [6, 6.07) is 3.73. The Morgan fingerprint density at radius 3 is 2.50 bits per heavy atom. The molecule has 9 heteroatoms. The van der Waals surface area contributed by atoms with Gasteiger partial charge < -0.3 is 10.0 Å². The van der Waals surface area contributed by atoms with E-state index >= 15 is 0 Å². The Hall–Kier alpha value is -2.00. The summed E-state index contributed by atoms with van der Waals surface area (Å²) in [6.07, 6.45) is 0. The van der Waals surface area contributed by atoms with Gasteiger partial charge in [-0.25, -0.2) is 12.8 Å². The van der Waals surface area contributed by atoms with Crippen molar-refractivity contribution in [2.75, 3.05) is 13.1 Å². The predicted octanol–water partition coefficient (Wildman–Crippen LogP) is 0.672. The maximum Gasteiger partial charge on any atom is 0.308 e. The first-order chi connectivity index (χ1) is 11.1. The number of halogens is 1. The first-order valence-electron chi connectivity index (χ1n) is 7.42. The van der Waals surface area contributed by atoms with E-state index in [2.05, 4.69) is 4.72 Å². The lowest BCUT2D eigenvalue weighted by Gasteiger charge is -2.21. The molecular weight excluding hydrogens is 339 g/mol. The molecule has 3 atom stereocenters. The van der Waals surface area contributed by atoms with Gasteiger partial charge in [0.25, 0.3) is 0 Å². The molecule has 7 nitrogen and oxygen atoms in total. The Bertz CT molecular complexity index is 752. The van der Waals surface area contributed by atoms with Crippen molar-refractivity contribution in [3.8, 4) is 0 Å². The van der Waals surface area contributed by atoms with Crippen LogP contribution in [0.2, 0.25) is 0 Å². The molecular formula is C15H19FN2O5S. The van der Waals surface area contributed by atoms with Crippen LogP contribution in [0.1, 0.15) is 13.8 Å². The maximum absolute atomic E-state index is 13.6. The molecule has 132 valence electrons. The molecule has 1 aromatic carbocycles. The number of sulfonamides is 1. The summed E-state index contributed by atoms with van der Waals surface area (Å²) < 4.78 is 40.2. The van der Waals surface area contributed by atoms with Gasteiger partial charge in [-0.15, -0.1) is 0 Å². The Morgan fingerprint density at radius 2 is 1.96 bits per heavy atom. The van der Waals surface area contributed by atoms with E-state index in [0.717, 1.165) is 12.1 Å². The highest BCUT2D eigenvalue weighted by Crippen LogP contribution is 2.24. The van der Waals surface area contributed by atoms with E-state index in [-0.39, 0.29) is 19.0 Å². The van der Waals surface area contributed by atoms with Crippen molar-refractivity contribution >= 4 is 21.9 Å². The van der Waals surface area contributed by atoms with E-state index in [4.69, 9.17) is 5.11 Å². The van der Waals surface area contributed by atoms with Crippen LogP contribution in [0.3, 0.4) is 0 Å². The lowest BCUT2D eigenvalue weighted by Crippen LogP contribution is -2.46. The quantitative estimate of drug-likeness (QED) is 0.805. The van der Waals surface area contributed by atoms with E-state index in [0.29, 0.717) is 0 Å². The number of carboxylic acid groups (broad SMARTS) is 1. The minimum Gasteiger partial charge on any atom is -0.481 e. The number of hydrogen-bond donors (Lipinski definition) is 2. The molecule has 0 bridgehead atoms. The summed E-state index contributed by atoms with van der Waals surface area (Å²) in [5.74, 6) is -3.33. The van der Waals surface area contributed by atoms with Gasteiger partial charge >= 0.3 is 5.97 Å². The molecule has 0 aromatic heterocycles. The summed E-state index contributed by atoms with van der Waals surface area (Å²) in [7, 11) is -4.20. The van der Waals surface area contributed by atoms with Crippen molar-refractivity contribution in [2.24, 2.45) is 11.8 Å². The van der Waals surface area contributed by atoms with Crippen LogP contribution in [0, 0.1) is 17.7 Å². The monoisotopic (exact) mass is 358 g/mol. The van der Waals surface area contributed by atoms with E-state index in [1.165, 1.54) is 24.0 Å². The van der Waals surface area contributed by atoms with Gasteiger partial charge in [0.2, 0.25) is 15.9 Å². The third kappa shape index (κ3) is 3.73. The first kappa shape index (κ1) is 18.3. The van der Waals surface area contributed by atoms with Gasteiger partial charge in [0.05, 0.1) is 12.0 Å². The number of amides is 1. The van der Waals surface area contributed by atoms with Gasteiger partial charge in [0.1, 0.15) is 10.7 Å². The van der Waals surface area contributed by atoms with Crippen molar-refractivity contribution in [2.45, 2.75) is 24.8 Å². The highest BCUT2D eigenvalue weighted by atomic mass is 32.2. The number of rotatable bonds is 5. The van der Waals surface area contributed by atoms with Crippen LogP contribution in [-0.2, 0) is 19.6 Å². The summed E-state index contributed by atoms with van der Waals surface area (Å²) in [5, 5.41) is 9.10. The second kappa shape index (κ2) is 6.86. The number of nitrogens with one attached hydrogen (secondary N) is 1. The number of carbonyl (C=O) groups excluding carboxylic acids is 1. The Morgan fingerprint density at radius 1 is 1.33 bits per heavy atom. The average Bonchev–Trinajstić information content (AvgIpc) is 2.88. The number of aliphatic carboxylic acids is 1. The molecule has 1 aliphatic rings. The van der Waals surface area contributed by atoms with Crippen LogP contribution in [-0.4, -0.2) is 49.4 Å². The highest BCUT2D eigenvalue weighted by Gasteiger charge is 2.38. The molecule has 1 amide bonds. The smallest absolute Gasteiger partial charge is 0.308 e. The van der Waals surface area contributed by atoms with Crippen molar-refractivity contribution in [1.29, 1.82) is 0 Å². The third-order valence-corrected chi connectivity index (χ3v) is 5.64. The molecule has 1 saturated heterocycles. The van der Waals surface area contributed by atoms with Crippen molar-refractivity contribution in [3.05, 3.63) is 30.1 Å². The molecule has 24 heavy (non-hydrogen) atoms. The molecule has 2 rings (SSSR count). The fraction of sp³-hybridized carbons (Fsp3) is 0.467. The zero-order chi connectivity index (χ0) is 18.1. The van der Waals surface area contributed by atoms with Gasteiger partial charge in [-0.3, -0.25) is 9.59 Å². The van der Waals surface area contributed by atoms with Gasteiger partial charge in [0, 0.05) is 13.1 Å². The molecule has 0 saturated carbocycles. The lowest BCUT2D eigenvalue weighted by atomic mass is 9.99. The topological polar surface area (TPSA) is 104 Å². The van der Waals surface area contributed by atoms with Crippen LogP contribution in [0.25, 0.3) is 0 Å². The lowest BCUT2D eigenvalue weighted by molar-refractivity contribution is -0.142. The summed E-state index contributed by atoms with van der Waals surface area (Å²) in [4.78, 5) is 24.3. The minimum atomic E-state index is -4.20. The van der Waals surface area contributed by atoms with E-state index < -0.39 is 44.6 Å². The van der Waals surface area contributed by atoms with E-state index in [1.54, 1.807) is 6.92 Å². The molecule has 1 fully saturated rings. The number of benzene rings is 1. The van der Waals surface area contributed by atoms with Crippen LogP contribution in [0.5, 0.6) is 0 Å². The molecule has 1 heterocycles. The SMILES string of the molecule is CC(NS(=O)(=O)c1ccccc1F)C(=O)N1C[C@@H](C)[C@H](C(=O)O)C1. The van der Waals surface area contributed by atoms with E-state index in [9.17, 15) is 22.4 Å². The largest absolute Gasteiger partial charge is 0.481 e. The summed E-state index contributed by atoms with van der Waals surface area (Å²) in [5.41, 5.74) is 0. The number of nitrogens with zero attached hydrogens (tertiary/aromatic N) is 1. The molecule has 0 radical (unpaired) electrons. The number of carboxylic acids is 1. The van der Waals surface area contributed by atoms with Gasteiger partial charge in [-0.05, 0) is 25.0 Å².